The fraction of sp³-hybridized carbons (Fsp3) is 0.235. The second kappa shape index (κ2) is 6.48. The molecule has 122 valence electrons. The van der Waals surface area contributed by atoms with Gasteiger partial charge in [-0.25, -0.2) is 4.79 Å². The molecule has 2 rings (SSSR count). The Kier molecular flexibility index (Phi) is 4.64. The van der Waals surface area contributed by atoms with Gasteiger partial charge in [-0.05, 0) is 19.1 Å². The molecule has 0 radical (unpaired) electrons. The Balaban J connectivity index is 3.10. The fourth-order valence-corrected chi connectivity index (χ4v) is 2.52. The Hall–Kier alpha value is -2.89. The third-order valence-corrected chi connectivity index (χ3v) is 3.53. The summed E-state index contributed by atoms with van der Waals surface area (Å²) in [5.74, 6) is -0.667. The molecule has 2 aromatic rings. The number of phenols is 2. The standard InChI is InChI=1S/C17H18O6/c1-5-6-9-12(17(20)23-4)16(19)14-11(22-3)8-7-10(21-2)13(14)15(9)18/h5-8,18-19H,1-4H3/b6-5+. The molecule has 0 unspecified atom stereocenters. The molecular weight excluding hydrogens is 300 g/mol. The number of hydrogen-bond donors (Lipinski definition) is 2. The highest BCUT2D eigenvalue weighted by Gasteiger charge is 2.27. The number of esters is 1. The van der Waals surface area contributed by atoms with Crippen molar-refractivity contribution in [1.82, 2.24) is 0 Å². The van der Waals surface area contributed by atoms with Crippen molar-refractivity contribution in [3.05, 3.63) is 29.3 Å². The van der Waals surface area contributed by atoms with Crippen molar-refractivity contribution in [2.24, 2.45) is 0 Å². The molecule has 6 nitrogen and oxygen atoms in total. The Bertz CT molecular complexity index is 792. The Morgan fingerprint density at radius 1 is 1.00 bits per heavy atom. The van der Waals surface area contributed by atoms with E-state index in [1.54, 1.807) is 25.1 Å². The van der Waals surface area contributed by atoms with E-state index in [4.69, 9.17) is 14.2 Å². The summed E-state index contributed by atoms with van der Waals surface area (Å²) in [7, 11) is 4.07. The van der Waals surface area contributed by atoms with E-state index >= 15 is 0 Å². The highest BCUT2D eigenvalue weighted by molar-refractivity contribution is 6.11. The first-order valence-corrected chi connectivity index (χ1v) is 6.85. The molecule has 0 spiro atoms. The normalized spacial score (nSPS) is 11.0. The van der Waals surface area contributed by atoms with Crippen LogP contribution in [0.5, 0.6) is 23.0 Å². The molecule has 0 heterocycles. The van der Waals surface area contributed by atoms with Crippen LogP contribution in [0.3, 0.4) is 0 Å². The molecule has 2 aromatic carbocycles. The lowest BCUT2D eigenvalue weighted by atomic mass is 9.96. The molecule has 0 aliphatic carbocycles. The number of methoxy groups -OCH3 is 3. The van der Waals surface area contributed by atoms with Crippen molar-refractivity contribution < 1.29 is 29.2 Å². The van der Waals surface area contributed by atoms with E-state index in [9.17, 15) is 15.0 Å². The van der Waals surface area contributed by atoms with Crippen LogP contribution in [-0.4, -0.2) is 37.5 Å². The van der Waals surface area contributed by atoms with Crippen LogP contribution >= 0.6 is 0 Å². The highest BCUT2D eigenvalue weighted by atomic mass is 16.5. The van der Waals surface area contributed by atoms with E-state index < -0.39 is 5.97 Å². The van der Waals surface area contributed by atoms with Gasteiger partial charge in [0.25, 0.3) is 0 Å². The minimum Gasteiger partial charge on any atom is -0.506 e. The second-order valence-corrected chi connectivity index (χ2v) is 4.70. The van der Waals surface area contributed by atoms with Crippen molar-refractivity contribution >= 4 is 22.8 Å². The Morgan fingerprint density at radius 2 is 1.52 bits per heavy atom. The fourth-order valence-electron chi connectivity index (χ4n) is 2.52. The number of aromatic hydroxyl groups is 2. The van der Waals surface area contributed by atoms with Gasteiger partial charge in [0.05, 0.1) is 32.1 Å². The van der Waals surface area contributed by atoms with Gasteiger partial charge in [0.15, 0.2) is 0 Å². The lowest BCUT2D eigenvalue weighted by Gasteiger charge is -2.17. The highest BCUT2D eigenvalue weighted by Crippen LogP contribution is 2.48. The molecule has 2 N–H and O–H groups in total. The minimum atomic E-state index is -0.766. The van der Waals surface area contributed by atoms with Crippen molar-refractivity contribution in [3.8, 4) is 23.0 Å². The summed E-state index contributed by atoms with van der Waals surface area (Å²) >= 11 is 0. The third-order valence-electron chi connectivity index (χ3n) is 3.53. The summed E-state index contributed by atoms with van der Waals surface area (Å²) in [6.45, 7) is 1.73. The zero-order valence-corrected chi connectivity index (χ0v) is 13.3. The topological polar surface area (TPSA) is 85.2 Å². The lowest BCUT2D eigenvalue weighted by Crippen LogP contribution is -2.06. The van der Waals surface area contributed by atoms with Crippen LogP contribution < -0.4 is 9.47 Å². The number of allylic oxidation sites excluding steroid dienone is 1. The molecule has 0 saturated heterocycles. The number of rotatable bonds is 4. The quantitative estimate of drug-likeness (QED) is 0.665. The molecule has 0 aromatic heterocycles. The Morgan fingerprint density at radius 3 is 1.96 bits per heavy atom. The van der Waals surface area contributed by atoms with E-state index in [2.05, 4.69) is 0 Å². The van der Waals surface area contributed by atoms with Gasteiger partial charge in [-0.3, -0.25) is 0 Å². The van der Waals surface area contributed by atoms with Gasteiger partial charge in [0.2, 0.25) is 0 Å². The monoisotopic (exact) mass is 318 g/mol. The number of fused-ring (bicyclic) bond motifs is 1. The average Bonchev–Trinajstić information content (AvgIpc) is 2.57. The SMILES string of the molecule is C/C=C/c1c(C(=O)OC)c(O)c2c(OC)ccc(OC)c2c1O. The maximum absolute atomic E-state index is 12.1. The number of carbonyl (C=O) groups is 1. The van der Waals surface area contributed by atoms with Gasteiger partial charge in [-0.2, -0.15) is 0 Å². The number of hydrogen-bond acceptors (Lipinski definition) is 6. The molecule has 23 heavy (non-hydrogen) atoms. The molecule has 0 aliphatic heterocycles. The van der Waals surface area contributed by atoms with E-state index in [1.165, 1.54) is 27.4 Å². The predicted molar refractivity (Wildman–Crippen MR) is 86.4 cm³/mol. The summed E-state index contributed by atoms with van der Waals surface area (Å²) in [5, 5.41) is 21.7. The van der Waals surface area contributed by atoms with Gasteiger partial charge in [0, 0.05) is 5.56 Å². The zero-order chi connectivity index (χ0) is 17.1. The first-order valence-electron chi connectivity index (χ1n) is 6.85. The molecule has 0 aliphatic rings. The maximum atomic E-state index is 12.1. The lowest BCUT2D eigenvalue weighted by molar-refractivity contribution is 0.0597. The summed E-state index contributed by atoms with van der Waals surface area (Å²) in [5.41, 5.74) is 0.0121. The third kappa shape index (κ3) is 2.52. The Labute approximate surface area is 133 Å². The number of phenolic OH excluding ortho intramolecular Hbond substituents is 2. The van der Waals surface area contributed by atoms with E-state index in [1.807, 2.05) is 0 Å². The van der Waals surface area contributed by atoms with Gasteiger partial charge in [-0.1, -0.05) is 12.2 Å². The van der Waals surface area contributed by atoms with Gasteiger partial charge < -0.3 is 24.4 Å². The predicted octanol–water partition coefficient (Wildman–Crippen LogP) is 3.09. The number of ether oxygens (including phenoxy) is 3. The first-order chi connectivity index (χ1) is 11.0. The molecule has 6 heteroatoms. The second-order valence-electron chi connectivity index (χ2n) is 4.70. The molecule has 0 bridgehead atoms. The maximum Gasteiger partial charge on any atom is 0.342 e. The van der Waals surface area contributed by atoms with Crippen molar-refractivity contribution in [3.63, 3.8) is 0 Å². The zero-order valence-electron chi connectivity index (χ0n) is 13.3. The summed E-state index contributed by atoms with van der Waals surface area (Å²) in [6, 6.07) is 3.19. The van der Waals surface area contributed by atoms with Crippen molar-refractivity contribution in [1.29, 1.82) is 0 Å². The molecule has 0 fully saturated rings. The van der Waals surface area contributed by atoms with Crippen LogP contribution in [0.4, 0.5) is 0 Å². The van der Waals surface area contributed by atoms with Crippen LogP contribution in [-0.2, 0) is 4.74 Å². The largest absolute Gasteiger partial charge is 0.506 e. The summed E-state index contributed by atoms with van der Waals surface area (Å²) in [6.07, 6.45) is 3.15. The van der Waals surface area contributed by atoms with E-state index in [0.717, 1.165) is 0 Å². The van der Waals surface area contributed by atoms with Crippen molar-refractivity contribution in [2.75, 3.05) is 21.3 Å². The smallest absolute Gasteiger partial charge is 0.342 e. The van der Waals surface area contributed by atoms with Gasteiger partial charge in [-0.15, -0.1) is 0 Å². The van der Waals surface area contributed by atoms with E-state index in [-0.39, 0.29) is 33.4 Å². The van der Waals surface area contributed by atoms with Crippen LogP contribution in [0.1, 0.15) is 22.8 Å². The molecular formula is C17H18O6. The molecule has 0 atom stereocenters. The summed E-state index contributed by atoms with van der Waals surface area (Å²) in [4.78, 5) is 12.1. The van der Waals surface area contributed by atoms with Gasteiger partial charge in [0.1, 0.15) is 28.6 Å². The van der Waals surface area contributed by atoms with Gasteiger partial charge >= 0.3 is 5.97 Å². The number of carbonyl (C=O) groups excluding carboxylic acids is 1. The number of benzene rings is 2. The van der Waals surface area contributed by atoms with Crippen LogP contribution in [0.25, 0.3) is 16.8 Å². The van der Waals surface area contributed by atoms with Crippen LogP contribution in [0, 0.1) is 0 Å². The molecule has 0 amide bonds. The summed E-state index contributed by atoms with van der Waals surface area (Å²) < 4.78 is 15.2. The average molecular weight is 318 g/mol. The molecule has 0 saturated carbocycles. The first kappa shape index (κ1) is 16.5. The minimum absolute atomic E-state index is 0.137. The van der Waals surface area contributed by atoms with Crippen molar-refractivity contribution in [2.45, 2.75) is 6.92 Å². The van der Waals surface area contributed by atoms with Crippen LogP contribution in [0.2, 0.25) is 0 Å². The van der Waals surface area contributed by atoms with Crippen LogP contribution in [0.15, 0.2) is 18.2 Å². The van der Waals surface area contributed by atoms with E-state index in [0.29, 0.717) is 11.5 Å².